The van der Waals surface area contributed by atoms with Crippen LogP contribution in [-0.2, 0) is 11.3 Å². The Morgan fingerprint density at radius 1 is 1.65 bits per heavy atom. The Balaban J connectivity index is 2.52. The lowest BCUT2D eigenvalue weighted by Gasteiger charge is -2.06. The van der Waals surface area contributed by atoms with Crippen molar-refractivity contribution < 1.29 is 4.79 Å². The lowest BCUT2D eigenvalue weighted by Crippen LogP contribution is -2.36. The van der Waals surface area contributed by atoms with Gasteiger partial charge in [0.1, 0.15) is 0 Å². The molecule has 0 spiro atoms. The summed E-state index contributed by atoms with van der Waals surface area (Å²) in [4.78, 5) is 22.1. The highest BCUT2D eigenvalue weighted by atomic mass is 32.2. The SMILES string of the molecule is CCCn1c(SCCC(N)C(N)=O)n[nH]c1=O. The molecule has 1 atom stereocenters. The molecule has 5 N–H and O–H groups in total. The number of nitrogens with two attached hydrogens (primary N) is 2. The van der Waals surface area contributed by atoms with E-state index in [2.05, 4.69) is 10.2 Å². The van der Waals surface area contributed by atoms with Gasteiger partial charge in [0.05, 0.1) is 6.04 Å². The normalized spacial score (nSPS) is 12.6. The van der Waals surface area contributed by atoms with Crippen molar-refractivity contribution in [1.82, 2.24) is 14.8 Å². The van der Waals surface area contributed by atoms with E-state index in [0.29, 0.717) is 23.9 Å². The average Bonchev–Trinajstić information content (AvgIpc) is 2.61. The van der Waals surface area contributed by atoms with Crippen LogP contribution < -0.4 is 17.2 Å². The third-order valence-electron chi connectivity index (χ3n) is 2.20. The van der Waals surface area contributed by atoms with E-state index in [9.17, 15) is 9.59 Å². The van der Waals surface area contributed by atoms with Gasteiger partial charge >= 0.3 is 5.69 Å². The molecule has 1 heterocycles. The molecule has 0 aliphatic heterocycles. The predicted octanol–water partition coefficient (Wildman–Crippen LogP) is -0.724. The fourth-order valence-corrected chi connectivity index (χ4v) is 2.25. The highest BCUT2D eigenvalue weighted by Gasteiger charge is 2.11. The summed E-state index contributed by atoms with van der Waals surface area (Å²) in [6, 6.07) is -0.646. The van der Waals surface area contributed by atoms with Crippen molar-refractivity contribution in [3.8, 4) is 0 Å². The monoisotopic (exact) mass is 259 g/mol. The maximum atomic E-state index is 11.4. The summed E-state index contributed by atoms with van der Waals surface area (Å²) < 4.78 is 1.57. The first-order valence-corrected chi connectivity index (χ1v) is 6.37. The highest BCUT2D eigenvalue weighted by Crippen LogP contribution is 2.14. The molecule has 96 valence electrons. The number of hydrogen-bond donors (Lipinski definition) is 3. The third-order valence-corrected chi connectivity index (χ3v) is 3.21. The number of carbonyl (C=O) groups is 1. The van der Waals surface area contributed by atoms with Gasteiger partial charge in [-0.25, -0.2) is 9.89 Å². The largest absolute Gasteiger partial charge is 0.368 e. The quantitative estimate of drug-likeness (QED) is 0.558. The van der Waals surface area contributed by atoms with Crippen molar-refractivity contribution >= 4 is 17.7 Å². The molecule has 0 saturated heterocycles. The van der Waals surface area contributed by atoms with Crippen LogP contribution in [-0.4, -0.2) is 32.5 Å². The van der Waals surface area contributed by atoms with Crippen molar-refractivity contribution in [2.45, 2.75) is 37.5 Å². The minimum absolute atomic E-state index is 0.214. The summed E-state index contributed by atoms with van der Waals surface area (Å²) >= 11 is 1.39. The van der Waals surface area contributed by atoms with E-state index in [0.717, 1.165) is 6.42 Å². The Bertz CT molecular complexity index is 427. The fourth-order valence-electron chi connectivity index (χ4n) is 1.25. The minimum Gasteiger partial charge on any atom is -0.368 e. The standard InChI is InChI=1S/C9H17N5O2S/c1-2-4-14-8(16)12-13-9(14)17-5-3-6(10)7(11)15/h6H,2-5,10H2,1H3,(H2,11,15)(H,12,16). The lowest BCUT2D eigenvalue weighted by atomic mass is 10.2. The molecule has 17 heavy (non-hydrogen) atoms. The molecule has 8 heteroatoms. The molecule has 1 unspecified atom stereocenters. The van der Waals surface area contributed by atoms with Gasteiger partial charge in [-0.05, 0) is 12.8 Å². The highest BCUT2D eigenvalue weighted by molar-refractivity contribution is 7.99. The second-order valence-corrected chi connectivity index (χ2v) is 4.67. The molecule has 0 fully saturated rings. The van der Waals surface area contributed by atoms with Gasteiger partial charge < -0.3 is 11.5 Å². The summed E-state index contributed by atoms with van der Waals surface area (Å²) in [5, 5.41) is 6.92. The molecule has 0 aliphatic carbocycles. The van der Waals surface area contributed by atoms with Crippen LogP contribution in [0.25, 0.3) is 0 Å². The number of aromatic amines is 1. The number of rotatable bonds is 7. The van der Waals surface area contributed by atoms with Gasteiger partial charge in [0.25, 0.3) is 0 Å². The Labute approximate surface area is 103 Å². The molecule has 1 amide bonds. The van der Waals surface area contributed by atoms with Gasteiger partial charge in [-0.3, -0.25) is 9.36 Å². The van der Waals surface area contributed by atoms with Crippen LogP contribution in [0, 0.1) is 0 Å². The Kier molecular flexibility index (Phi) is 5.23. The van der Waals surface area contributed by atoms with Crippen molar-refractivity contribution in [3.63, 3.8) is 0 Å². The van der Waals surface area contributed by atoms with Gasteiger partial charge in [-0.2, -0.15) is 0 Å². The van der Waals surface area contributed by atoms with Gasteiger partial charge in [0.2, 0.25) is 5.91 Å². The van der Waals surface area contributed by atoms with E-state index in [1.807, 2.05) is 6.92 Å². The smallest absolute Gasteiger partial charge is 0.343 e. The van der Waals surface area contributed by atoms with E-state index in [-0.39, 0.29) is 5.69 Å². The molecule has 7 nitrogen and oxygen atoms in total. The summed E-state index contributed by atoms with van der Waals surface area (Å²) in [5.41, 5.74) is 10.3. The maximum Gasteiger partial charge on any atom is 0.343 e. The van der Waals surface area contributed by atoms with Crippen molar-refractivity contribution in [3.05, 3.63) is 10.5 Å². The molecule has 0 aromatic carbocycles. The number of nitrogens with one attached hydrogen (secondary N) is 1. The van der Waals surface area contributed by atoms with E-state index in [1.165, 1.54) is 11.8 Å². The predicted molar refractivity (Wildman–Crippen MR) is 65.6 cm³/mol. The summed E-state index contributed by atoms with van der Waals surface area (Å²) in [6.45, 7) is 2.61. The summed E-state index contributed by atoms with van der Waals surface area (Å²) in [7, 11) is 0. The van der Waals surface area contributed by atoms with E-state index >= 15 is 0 Å². The van der Waals surface area contributed by atoms with Crippen LogP contribution in [0.4, 0.5) is 0 Å². The Hall–Kier alpha value is -1.28. The number of carbonyl (C=O) groups excluding carboxylic acids is 1. The summed E-state index contributed by atoms with van der Waals surface area (Å²) in [6.07, 6.45) is 1.32. The molecule has 0 aliphatic rings. The molecular weight excluding hydrogens is 242 g/mol. The van der Waals surface area contributed by atoms with Crippen molar-refractivity contribution in [2.24, 2.45) is 11.5 Å². The second kappa shape index (κ2) is 6.45. The molecular formula is C9H17N5O2S. The zero-order valence-corrected chi connectivity index (χ0v) is 10.5. The van der Waals surface area contributed by atoms with Crippen molar-refractivity contribution in [1.29, 1.82) is 0 Å². The zero-order chi connectivity index (χ0) is 12.8. The molecule has 0 saturated carbocycles. The number of primary amides is 1. The van der Waals surface area contributed by atoms with Crippen molar-refractivity contribution in [2.75, 3.05) is 5.75 Å². The van der Waals surface area contributed by atoms with Crippen LogP contribution >= 0.6 is 11.8 Å². The Morgan fingerprint density at radius 3 is 2.94 bits per heavy atom. The van der Waals surface area contributed by atoms with Gasteiger partial charge in [0.15, 0.2) is 5.16 Å². The maximum absolute atomic E-state index is 11.4. The first-order valence-electron chi connectivity index (χ1n) is 5.39. The van der Waals surface area contributed by atoms with Crippen LogP contribution in [0.5, 0.6) is 0 Å². The first-order chi connectivity index (χ1) is 8.06. The van der Waals surface area contributed by atoms with Gasteiger partial charge in [-0.1, -0.05) is 18.7 Å². The van der Waals surface area contributed by atoms with Crippen LogP contribution in [0.15, 0.2) is 9.95 Å². The van der Waals surface area contributed by atoms with Gasteiger partial charge in [0, 0.05) is 12.3 Å². The lowest BCUT2D eigenvalue weighted by molar-refractivity contribution is -0.119. The molecule has 0 radical (unpaired) electrons. The number of H-pyrrole nitrogens is 1. The topological polar surface area (TPSA) is 120 Å². The number of amides is 1. The van der Waals surface area contributed by atoms with E-state index in [1.54, 1.807) is 4.57 Å². The minimum atomic E-state index is -0.646. The number of thioether (sulfide) groups is 1. The van der Waals surface area contributed by atoms with Crippen LogP contribution in [0.1, 0.15) is 19.8 Å². The summed E-state index contributed by atoms with van der Waals surface area (Å²) in [5.74, 6) is 0.0801. The van der Waals surface area contributed by atoms with E-state index < -0.39 is 11.9 Å². The Morgan fingerprint density at radius 2 is 2.35 bits per heavy atom. The molecule has 1 aromatic rings. The second-order valence-electron chi connectivity index (χ2n) is 3.61. The van der Waals surface area contributed by atoms with Crippen LogP contribution in [0.2, 0.25) is 0 Å². The average molecular weight is 259 g/mol. The zero-order valence-electron chi connectivity index (χ0n) is 9.68. The number of aromatic nitrogens is 3. The molecule has 0 bridgehead atoms. The third kappa shape index (κ3) is 3.90. The van der Waals surface area contributed by atoms with E-state index in [4.69, 9.17) is 11.5 Å². The van der Waals surface area contributed by atoms with Crippen LogP contribution in [0.3, 0.4) is 0 Å². The number of hydrogen-bond acceptors (Lipinski definition) is 5. The fraction of sp³-hybridized carbons (Fsp3) is 0.667. The van der Waals surface area contributed by atoms with Gasteiger partial charge in [-0.15, -0.1) is 5.10 Å². The first kappa shape index (κ1) is 13.8. The molecule has 1 aromatic heterocycles. The number of nitrogens with zero attached hydrogens (tertiary/aromatic N) is 2. The molecule has 1 rings (SSSR count).